The molecule has 0 heterocycles. The molecule has 0 aliphatic heterocycles. The number of nitrogen functional groups attached to an aromatic ring is 1. The normalized spacial score (nSPS) is 11.3. The van der Waals surface area contributed by atoms with Gasteiger partial charge in [-0.2, -0.15) is 0 Å². The van der Waals surface area contributed by atoms with Gasteiger partial charge in [0, 0.05) is 12.2 Å². The maximum atomic E-state index is 11.9. The van der Waals surface area contributed by atoms with Crippen LogP contribution in [0, 0.1) is 6.92 Å². The van der Waals surface area contributed by atoms with E-state index in [0.29, 0.717) is 11.3 Å². The zero-order valence-electron chi connectivity index (χ0n) is 10.1. The van der Waals surface area contributed by atoms with Crippen LogP contribution in [0.3, 0.4) is 0 Å². The summed E-state index contributed by atoms with van der Waals surface area (Å²) < 4.78 is 30.5. The highest BCUT2D eigenvalue weighted by molar-refractivity contribution is 7.89. The van der Waals surface area contributed by atoms with E-state index < -0.39 is 16.1 Å². The van der Waals surface area contributed by atoms with E-state index in [2.05, 4.69) is 9.46 Å². The van der Waals surface area contributed by atoms with Gasteiger partial charge in [0.25, 0.3) is 0 Å². The number of anilines is 1. The summed E-state index contributed by atoms with van der Waals surface area (Å²) in [6.45, 7) is 1.43. The van der Waals surface area contributed by atoms with Gasteiger partial charge in [0.15, 0.2) is 0 Å². The summed E-state index contributed by atoms with van der Waals surface area (Å²) in [6, 6.07) is 2.74. The monoisotopic (exact) mass is 307 g/mol. The first-order chi connectivity index (χ1) is 8.74. The van der Waals surface area contributed by atoms with Crippen LogP contribution in [0.4, 0.5) is 10.5 Å². The van der Waals surface area contributed by atoms with E-state index >= 15 is 0 Å². The largest absolute Gasteiger partial charge is 0.448 e. The molecule has 106 valence electrons. The number of amides is 1. The average molecular weight is 308 g/mol. The fraction of sp³-hybridized carbons (Fsp3) is 0.300. The number of benzene rings is 1. The van der Waals surface area contributed by atoms with Crippen molar-refractivity contribution in [1.82, 2.24) is 4.72 Å². The number of rotatable bonds is 5. The van der Waals surface area contributed by atoms with Crippen molar-refractivity contribution in [3.05, 3.63) is 22.7 Å². The number of hydrogen-bond acceptors (Lipinski definition) is 5. The molecule has 0 fully saturated rings. The van der Waals surface area contributed by atoms with Crippen LogP contribution >= 0.6 is 11.6 Å². The van der Waals surface area contributed by atoms with Gasteiger partial charge in [-0.3, -0.25) is 0 Å². The van der Waals surface area contributed by atoms with Crippen molar-refractivity contribution in [3.8, 4) is 0 Å². The molecule has 1 rings (SSSR count). The van der Waals surface area contributed by atoms with E-state index in [9.17, 15) is 13.2 Å². The predicted molar refractivity (Wildman–Crippen MR) is 71.3 cm³/mol. The second-order valence-electron chi connectivity index (χ2n) is 3.70. The van der Waals surface area contributed by atoms with Crippen LogP contribution in [-0.2, 0) is 14.8 Å². The zero-order chi connectivity index (χ0) is 14.6. The van der Waals surface area contributed by atoms with Gasteiger partial charge in [0.05, 0.1) is 5.02 Å². The summed E-state index contributed by atoms with van der Waals surface area (Å²) in [5.41, 5.74) is 11.4. The third kappa shape index (κ3) is 4.27. The lowest BCUT2D eigenvalue weighted by Gasteiger charge is -2.10. The van der Waals surface area contributed by atoms with Gasteiger partial charge in [-0.25, -0.2) is 17.9 Å². The molecule has 0 spiro atoms. The lowest BCUT2D eigenvalue weighted by Crippen LogP contribution is -2.29. The Bertz CT molecular complexity index is 589. The first-order valence-corrected chi connectivity index (χ1v) is 7.07. The number of carbonyl (C=O) groups excluding carboxylic acids is 1. The average Bonchev–Trinajstić information content (AvgIpc) is 2.29. The van der Waals surface area contributed by atoms with Gasteiger partial charge in [-0.1, -0.05) is 11.6 Å². The Morgan fingerprint density at radius 3 is 2.68 bits per heavy atom. The second kappa shape index (κ2) is 6.09. The van der Waals surface area contributed by atoms with Gasteiger partial charge < -0.3 is 16.2 Å². The molecule has 0 radical (unpaired) electrons. The summed E-state index contributed by atoms with van der Waals surface area (Å²) in [5, 5.41) is 0.0648. The molecule has 1 aromatic carbocycles. The predicted octanol–water partition coefficient (Wildman–Crippen LogP) is 0.604. The van der Waals surface area contributed by atoms with Gasteiger partial charge in [0.1, 0.15) is 11.5 Å². The van der Waals surface area contributed by atoms with Crippen LogP contribution in [-0.4, -0.2) is 27.7 Å². The van der Waals surface area contributed by atoms with Crippen LogP contribution in [0.25, 0.3) is 0 Å². The molecule has 0 aliphatic carbocycles. The molecule has 9 heteroatoms. The first kappa shape index (κ1) is 15.5. The number of ether oxygens (including phenoxy) is 1. The fourth-order valence-corrected chi connectivity index (χ4v) is 2.91. The molecule has 19 heavy (non-hydrogen) atoms. The molecule has 0 saturated heterocycles. The molecule has 0 saturated carbocycles. The molecule has 0 atom stereocenters. The molecule has 1 aromatic rings. The van der Waals surface area contributed by atoms with E-state index in [1.807, 2.05) is 0 Å². The molecule has 5 N–H and O–H groups in total. The molecular weight excluding hydrogens is 294 g/mol. The first-order valence-electron chi connectivity index (χ1n) is 5.21. The molecule has 0 unspecified atom stereocenters. The van der Waals surface area contributed by atoms with Crippen LogP contribution in [0.15, 0.2) is 17.0 Å². The smallest absolute Gasteiger partial charge is 0.404 e. The Hall–Kier alpha value is -1.51. The Balaban J connectivity index is 2.83. The summed E-state index contributed by atoms with van der Waals surface area (Å²) >= 11 is 5.87. The van der Waals surface area contributed by atoms with Gasteiger partial charge >= 0.3 is 6.09 Å². The van der Waals surface area contributed by atoms with E-state index in [1.165, 1.54) is 12.1 Å². The maximum absolute atomic E-state index is 11.9. The van der Waals surface area contributed by atoms with E-state index in [4.69, 9.17) is 23.1 Å². The Kier molecular flexibility index (Phi) is 4.98. The Morgan fingerprint density at radius 2 is 2.11 bits per heavy atom. The number of sulfonamides is 1. The highest BCUT2D eigenvalue weighted by Crippen LogP contribution is 2.26. The zero-order valence-corrected chi connectivity index (χ0v) is 11.7. The van der Waals surface area contributed by atoms with Crippen molar-refractivity contribution >= 4 is 33.4 Å². The lowest BCUT2D eigenvalue weighted by molar-refractivity contribution is 0.159. The number of nitrogens with two attached hydrogens (primary N) is 2. The molecule has 7 nitrogen and oxygen atoms in total. The highest BCUT2D eigenvalue weighted by Gasteiger charge is 2.18. The van der Waals surface area contributed by atoms with Crippen LogP contribution in [0.5, 0.6) is 0 Å². The molecule has 0 aliphatic rings. The third-order valence-corrected chi connectivity index (χ3v) is 4.17. The molecule has 1 amide bonds. The van der Waals surface area contributed by atoms with E-state index in [0.717, 1.165) is 0 Å². The molecular formula is C10H14ClN3O4S. The van der Waals surface area contributed by atoms with E-state index in [-0.39, 0.29) is 23.1 Å². The highest BCUT2D eigenvalue weighted by atomic mass is 35.5. The Morgan fingerprint density at radius 1 is 1.47 bits per heavy atom. The van der Waals surface area contributed by atoms with Crippen molar-refractivity contribution in [2.75, 3.05) is 18.9 Å². The second-order valence-corrected chi connectivity index (χ2v) is 5.85. The van der Waals surface area contributed by atoms with Crippen molar-refractivity contribution in [2.45, 2.75) is 11.8 Å². The summed E-state index contributed by atoms with van der Waals surface area (Å²) in [4.78, 5) is 10.2. The molecule has 0 aromatic heterocycles. The minimum absolute atomic E-state index is 0.0648. The van der Waals surface area contributed by atoms with Gasteiger partial charge in [0.2, 0.25) is 10.0 Å². The van der Waals surface area contributed by atoms with Crippen molar-refractivity contribution in [1.29, 1.82) is 0 Å². The maximum Gasteiger partial charge on any atom is 0.404 e. The van der Waals surface area contributed by atoms with Crippen molar-refractivity contribution in [2.24, 2.45) is 5.73 Å². The minimum atomic E-state index is -3.82. The fourth-order valence-electron chi connectivity index (χ4n) is 1.28. The summed E-state index contributed by atoms with van der Waals surface area (Å²) in [6.07, 6.45) is -0.975. The van der Waals surface area contributed by atoms with E-state index in [1.54, 1.807) is 6.92 Å². The van der Waals surface area contributed by atoms with Gasteiger partial charge in [-0.05, 0) is 24.6 Å². The van der Waals surface area contributed by atoms with Crippen molar-refractivity contribution in [3.63, 3.8) is 0 Å². The standard InChI is InChI=1S/C10H14ClN3O4S/c1-6-4-7(11)9(5-8(6)12)19(16,17)14-2-3-18-10(13)15/h4-5,14H,2-3,12H2,1H3,(H2,13,15). The number of carbonyl (C=O) groups is 1. The minimum Gasteiger partial charge on any atom is -0.448 e. The topological polar surface area (TPSA) is 125 Å². The van der Waals surface area contributed by atoms with Crippen LogP contribution in [0.1, 0.15) is 5.56 Å². The summed E-state index contributed by atoms with van der Waals surface area (Å²) in [7, 11) is -3.82. The third-order valence-electron chi connectivity index (χ3n) is 2.25. The quantitative estimate of drug-likeness (QED) is 0.543. The van der Waals surface area contributed by atoms with Crippen LogP contribution < -0.4 is 16.2 Å². The number of primary amides is 1. The SMILES string of the molecule is Cc1cc(Cl)c(S(=O)(=O)NCCOC(N)=O)cc1N. The number of hydrogen-bond donors (Lipinski definition) is 3. The van der Waals surface area contributed by atoms with Crippen molar-refractivity contribution < 1.29 is 17.9 Å². The van der Waals surface area contributed by atoms with Crippen LogP contribution in [0.2, 0.25) is 5.02 Å². The number of nitrogens with one attached hydrogen (secondary N) is 1. The molecule has 0 bridgehead atoms. The number of aryl methyl sites for hydroxylation is 1. The summed E-state index contributed by atoms with van der Waals surface area (Å²) in [5.74, 6) is 0. The Labute approximate surface area is 115 Å². The lowest BCUT2D eigenvalue weighted by atomic mass is 10.2. The number of halogens is 1. The van der Waals surface area contributed by atoms with Gasteiger partial charge in [-0.15, -0.1) is 0 Å².